The van der Waals surface area contributed by atoms with Gasteiger partial charge in [0.15, 0.2) is 0 Å². The molecule has 6 heteroatoms. The van der Waals surface area contributed by atoms with Crippen molar-refractivity contribution in [1.82, 2.24) is 15.1 Å². The highest BCUT2D eigenvalue weighted by molar-refractivity contribution is 5.79. The zero-order chi connectivity index (χ0) is 21.9. The molecule has 2 heterocycles. The summed E-state index contributed by atoms with van der Waals surface area (Å²) in [4.78, 5) is 30.1. The minimum atomic E-state index is 0.161. The molecule has 2 aliphatic carbocycles. The molecular weight excluding hydrogens is 402 g/mol. The zero-order valence-electron chi connectivity index (χ0n) is 18.9. The second-order valence-electron chi connectivity index (χ2n) is 10.1. The molecule has 1 N–H and O–H groups in total. The first-order valence-electron chi connectivity index (χ1n) is 12.3. The Kier molecular flexibility index (Phi) is 6.49. The highest BCUT2D eigenvalue weighted by Crippen LogP contribution is 2.32. The maximum atomic E-state index is 13.3. The molecule has 3 fully saturated rings. The van der Waals surface area contributed by atoms with Gasteiger partial charge in [0.1, 0.15) is 12.4 Å². The predicted octanol–water partition coefficient (Wildman–Crippen LogP) is 2.98. The third-order valence-corrected chi connectivity index (χ3v) is 7.21. The molecule has 2 bridgehead atoms. The van der Waals surface area contributed by atoms with Crippen LogP contribution < -0.4 is 10.1 Å². The number of benzene rings is 1. The van der Waals surface area contributed by atoms with Crippen LogP contribution in [0.1, 0.15) is 44.1 Å². The monoisotopic (exact) mass is 437 g/mol. The number of carbonyl (C=O) groups excluding carboxylic acids is 2. The minimum absolute atomic E-state index is 0.161. The summed E-state index contributed by atoms with van der Waals surface area (Å²) in [5, 5.41) is 3.13. The van der Waals surface area contributed by atoms with Crippen molar-refractivity contribution < 1.29 is 14.3 Å². The Morgan fingerprint density at radius 1 is 1.09 bits per heavy atom. The van der Waals surface area contributed by atoms with Crippen LogP contribution in [0.15, 0.2) is 36.4 Å². The number of nitrogens with one attached hydrogen (secondary N) is 1. The number of hydrogen-bond acceptors (Lipinski definition) is 4. The molecule has 6 nitrogen and oxygen atoms in total. The SMILES string of the molecule is O=C(C[C@@H]1CCN2C[C@@H]1/C=C\COc1ccccc1CN(CC1CC1)CC2=O)NC1CC1. The van der Waals surface area contributed by atoms with Gasteiger partial charge in [0, 0.05) is 44.2 Å². The van der Waals surface area contributed by atoms with E-state index in [1.165, 1.54) is 12.8 Å². The van der Waals surface area contributed by atoms with E-state index in [1.807, 2.05) is 23.1 Å². The maximum absolute atomic E-state index is 13.3. The molecule has 2 aliphatic heterocycles. The molecule has 0 radical (unpaired) electrons. The van der Waals surface area contributed by atoms with Crippen molar-refractivity contribution in [1.29, 1.82) is 0 Å². The fraction of sp³-hybridized carbons (Fsp3) is 0.615. The van der Waals surface area contributed by atoms with Crippen LogP contribution in [0.4, 0.5) is 0 Å². The van der Waals surface area contributed by atoms with E-state index >= 15 is 0 Å². The lowest BCUT2D eigenvalue weighted by molar-refractivity contribution is -0.135. The van der Waals surface area contributed by atoms with Gasteiger partial charge in [-0.05, 0) is 55.9 Å². The molecule has 32 heavy (non-hydrogen) atoms. The molecule has 1 aromatic rings. The number of piperidine rings is 1. The Morgan fingerprint density at radius 3 is 2.75 bits per heavy atom. The molecule has 1 aromatic carbocycles. The van der Waals surface area contributed by atoms with Gasteiger partial charge in [-0.2, -0.15) is 0 Å². The number of nitrogens with zero attached hydrogens (tertiary/aromatic N) is 2. The topological polar surface area (TPSA) is 61.9 Å². The zero-order valence-corrected chi connectivity index (χ0v) is 18.9. The fourth-order valence-corrected chi connectivity index (χ4v) is 5.01. The van der Waals surface area contributed by atoms with Gasteiger partial charge in [0.25, 0.3) is 0 Å². The van der Waals surface area contributed by atoms with Crippen molar-refractivity contribution >= 4 is 11.8 Å². The minimum Gasteiger partial charge on any atom is -0.489 e. The number of amides is 2. The second-order valence-corrected chi connectivity index (χ2v) is 10.1. The third kappa shape index (κ3) is 5.71. The molecule has 0 aromatic heterocycles. The van der Waals surface area contributed by atoms with Gasteiger partial charge < -0.3 is 15.0 Å². The average Bonchev–Trinajstić information content (AvgIpc) is 3.70. The molecule has 2 saturated carbocycles. The molecule has 5 rings (SSSR count). The third-order valence-electron chi connectivity index (χ3n) is 7.21. The van der Waals surface area contributed by atoms with Crippen LogP contribution in [0.5, 0.6) is 5.75 Å². The normalized spacial score (nSPS) is 27.9. The predicted molar refractivity (Wildman–Crippen MR) is 123 cm³/mol. The Hall–Kier alpha value is -2.34. The van der Waals surface area contributed by atoms with E-state index in [9.17, 15) is 9.59 Å². The summed E-state index contributed by atoms with van der Waals surface area (Å²) in [6.07, 6.45) is 10.4. The van der Waals surface area contributed by atoms with Gasteiger partial charge in [0.2, 0.25) is 11.8 Å². The first-order valence-corrected chi connectivity index (χ1v) is 12.3. The maximum Gasteiger partial charge on any atom is 0.236 e. The van der Waals surface area contributed by atoms with Gasteiger partial charge >= 0.3 is 0 Å². The molecular formula is C26H35N3O3. The fourth-order valence-electron chi connectivity index (χ4n) is 5.01. The summed E-state index contributed by atoms with van der Waals surface area (Å²) in [5.74, 6) is 2.45. The molecule has 2 amide bonds. The number of fused-ring (bicyclic) bond motifs is 3. The highest BCUT2D eigenvalue weighted by Gasteiger charge is 2.34. The summed E-state index contributed by atoms with van der Waals surface area (Å²) in [7, 11) is 0. The van der Waals surface area contributed by atoms with Gasteiger partial charge in [-0.3, -0.25) is 14.5 Å². The number of carbonyl (C=O) groups is 2. The first-order chi connectivity index (χ1) is 15.6. The van der Waals surface area contributed by atoms with Crippen LogP contribution in [0.3, 0.4) is 0 Å². The molecule has 0 spiro atoms. The largest absolute Gasteiger partial charge is 0.489 e. The van der Waals surface area contributed by atoms with E-state index in [-0.39, 0.29) is 23.7 Å². The molecule has 1 saturated heterocycles. The van der Waals surface area contributed by atoms with E-state index in [1.54, 1.807) is 0 Å². The van der Waals surface area contributed by atoms with E-state index < -0.39 is 0 Å². The molecule has 4 aliphatic rings. The van der Waals surface area contributed by atoms with Crippen molar-refractivity contribution in [2.24, 2.45) is 17.8 Å². The first kappa shape index (κ1) is 21.5. The van der Waals surface area contributed by atoms with Crippen LogP contribution in [-0.4, -0.2) is 60.4 Å². The van der Waals surface area contributed by atoms with Crippen LogP contribution in [0, 0.1) is 17.8 Å². The Balaban J connectivity index is 1.32. The lowest BCUT2D eigenvalue weighted by Crippen LogP contribution is -2.48. The van der Waals surface area contributed by atoms with Crippen LogP contribution in [0.25, 0.3) is 0 Å². The highest BCUT2D eigenvalue weighted by atomic mass is 16.5. The van der Waals surface area contributed by atoms with E-state index in [0.717, 1.165) is 56.1 Å². The number of hydrogen-bond donors (Lipinski definition) is 1. The average molecular weight is 438 g/mol. The van der Waals surface area contributed by atoms with E-state index in [0.29, 0.717) is 32.2 Å². The van der Waals surface area contributed by atoms with Crippen molar-refractivity contribution in [2.45, 2.75) is 51.1 Å². The van der Waals surface area contributed by atoms with Crippen LogP contribution >= 0.6 is 0 Å². The molecule has 172 valence electrons. The molecule has 2 atom stereocenters. The lowest BCUT2D eigenvalue weighted by Gasteiger charge is -2.38. The standard InChI is InChI=1S/C26H35N3O3/c30-25(27-23-9-10-23)14-20-11-12-29-17-21(20)5-3-13-32-24-6-2-1-4-22(24)16-28(18-26(29)31)15-19-7-8-19/h1-6,19-21,23H,7-18H2,(H,27,30)/b5-3-/t20-,21-/m0/s1. The van der Waals surface area contributed by atoms with E-state index in [4.69, 9.17) is 4.74 Å². The Morgan fingerprint density at radius 2 is 1.94 bits per heavy atom. The second kappa shape index (κ2) is 9.65. The van der Waals surface area contributed by atoms with Crippen molar-refractivity contribution in [3.63, 3.8) is 0 Å². The van der Waals surface area contributed by atoms with E-state index in [2.05, 4.69) is 28.4 Å². The quantitative estimate of drug-likeness (QED) is 0.720. The summed E-state index contributed by atoms with van der Waals surface area (Å²) >= 11 is 0. The van der Waals surface area contributed by atoms with Gasteiger partial charge in [-0.1, -0.05) is 30.4 Å². The summed E-state index contributed by atoms with van der Waals surface area (Å²) in [6, 6.07) is 8.57. The van der Waals surface area contributed by atoms with Crippen LogP contribution in [-0.2, 0) is 16.1 Å². The summed E-state index contributed by atoms with van der Waals surface area (Å²) < 4.78 is 6.12. The summed E-state index contributed by atoms with van der Waals surface area (Å²) in [5.41, 5.74) is 1.14. The Bertz CT molecular complexity index is 862. The number of ether oxygens (including phenoxy) is 1. The van der Waals surface area contributed by atoms with Crippen molar-refractivity contribution in [3.05, 3.63) is 42.0 Å². The smallest absolute Gasteiger partial charge is 0.236 e. The van der Waals surface area contributed by atoms with Crippen molar-refractivity contribution in [3.8, 4) is 5.75 Å². The van der Waals surface area contributed by atoms with Gasteiger partial charge in [-0.15, -0.1) is 0 Å². The van der Waals surface area contributed by atoms with Crippen LogP contribution in [0.2, 0.25) is 0 Å². The van der Waals surface area contributed by atoms with Gasteiger partial charge in [-0.25, -0.2) is 0 Å². The number of para-hydroxylation sites is 1. The number of rotatable bonds is 5. The van der Waals surface area contributed by atoms with Crippen molar-refractivity contribution in [2.75, 3.05) is 32.8 Å². The summed E-state index contributed by atoms with van der Waals surface area (Å²) in [6.45, 7) is 4.11. The lowest BCUT2D eigenvalue weighted by atomic mass is 9.82. The van der Waals surface area contributed by atoms with Gasteiger partial charge in [0.05, 0.1) is 6.54 Å². The Labute approximate surface area is 191 Å². The molecule has 0 unspecified atom stereocenters.